The molecule has 0 bridgehead atoms. The van der Waals surface area contributed by atoms with Crippen LogP contribution in [0.4, 0.5) is 4.79 Å². The molecule has 1 saturated heterocycles. The van der Waals surface area contributed by atoms with E-state index < -0.39 is 18.0 Å². The van der Waals surface area contributed by atoms with Crippen molar-refractivity contribution in [1.82, 2.24) is 25.7 Å². The molecule has 0 aliphatic carbocycles. The van der Waals surface area contributed by atoms with Gasteiger partial charge in [-0.15, -0.1) is 0 Å². The molecule has 1 fully saturated rings. The first-order chi connectivity index (χ1) is 12.6. The molecule has 3 N–H and O–H groups in total. The molecule has 0 spiro atoms. The molecule has 1 unspecified atom stereocenters. The molecule has 4 amide bonds. The van der Waals surface area contributed by atoms with Crippen molar-refractivity contribution in [2.45, 2.75) is 25.4 Å². The van der Waals surface area contributed by atoms with Crippen LogP contribution in [0.5, 0.6) is 5.75 Å². The van der Waals surface area contributed by atoms with Crippen molar-refractivity contribution in [1.29, 1.82) is 0 Å². The summed E-state index contributed by atoms with van der Waals surface area (Å²) in [5, 5.41) is 11.7. The average Bonchev–Trinajstić information content (AvgIpc) is 3.24. The third-order valence-corrected chi connectivity index (χ3v) is 3.98. The maximum absolute atomic E-state index is 11.9. The maximum Gasteiger partial charge on any atom is 0.322 e. The predicted octanol–water partition coefficient (Wildman–Crippen LogP) is 0.485. The van der Waals surface area contributed by atoms with Gasteiger partial charge in [-0.2, -0.15) is 5.10 Å². The van der Waals surface area contributed by atoms with Crippen LogP contribution >= 0.6 is 0 Å². The molecule has 3 rings (SSSR count). The first-order valence-electron chi connectivity index (χ1n) is 8.12. The number of methoxy groups -OCH3 is 1. The van der Waals surface area contributed by atoms with Gasteiger partial charge in [0.05, 0.1) is 13.3 Å². The van der Waals surface area contributed by atoms with Gasteiger partial charge in [-0.1, -0.05) is 12.1 Å². The quantitative estimate of drug-likeness (QED) is 0.624. The molecule has 2 aromatic rings. The number of hydrogen-bond donors (Lipinski definition) is 3. The van der Waals surface area contributed by atoms with Gasteiger partial charge in [-0.25, -0.2) is 9.48 Å². The van der Waals surface area contributed by atoms with Crippen LogP contribution in [0.1, 0.15) is 18.4 Å². The van der Waals surface area contributed by atoms with Crippen LogP contribution in [-0.4, -0.2) is 40.8 Å². The minimum atomic E-state index is -0.651. The number of carbonyl (C=O) groups is 3. The number of nitrogens with zero attached hydrogens (tertiary/aromatic N) is 2. The molecule has 1 aliphatic rings. The molecule has 9 nitrogen and oxygen atoms in total. The molecule has 2 heterocycles. The fraction of sp³-hybridized carbons (Fsp3) is 0.294. The van der Waals surface area contributed by atoms with Crippen LogP contribution in [0.2, 0.25) is 0 Å². The van der Waals surface area contributed by atoms with E-state index in [1.54, 1.807) is 18.0 Å². The minimum Gasteiger partial charge on any atom is -0.494 e. The van der Waals surface area contributed by atoms with Gasteiger partial charge >= 0.3 is 6.03 Å². The summed E-state index contributed by atoms with van der Waals surface area (Å²) in [5.74, 6) is 0.0907. The highest BCUT2D eigenvalue weighted by Crippen LogP contribution is 2.21. The number of hydrogen-bond acceptors (Lipinski definition) is 5. The van der Waals surface area contributed by atoms with E-state index in [2.05, 4.69) is 21.0 Å². The Kier molecular flexibility index (Phi) is 5.16. The second kappa shape index (κ2) is 7.68. The smallest absolute Gasteiger partial charge is 0.322 e. The normalized spacial score (nSPS) is 16.1. The molecule has 9 heteroatoms. The van der Waals surface area contributed by atoms with Crippen LogP contribution < -0.4 is 20.7 Å². The number of urea groups is 1. The number of imide groups is 1. The van der Waals surface area contributed by atoms with E-state index in [0.717, 1.165) is 11.3 Å². The van der Waals surface area contributed by atoms with Crippen LogP contribution in [0.3, 0.4) is 0 Å². The summed E-state index contributed by atoms with van der Waals surface area (Å²) in [6.07, 6.45) is 3.86. The monoisotopic (exact) mass is 357 g/mol. The Morgan fingerprint density at radius 1 is 1.35 bits per heavy atom. The molecule has 26 heavy (non-hydrogen) atoms. The van der Waals surface area contributed by atoms with Crippen molar-refractivity contribution in [3.8, 4) is 11.4 Å². The molecule has 1 aliphatic heterocycles. The van der Waals surface area contributed by atoms with Gasteiger partial charge in [0.1, 0.15) is 17.5 Å². The topological polar surface area (TPSA) is 114 Å². The highest BCUT2D eigenvalue weighted by atomic mass is 16.5. The zero-order valence-corrected chi connectivity index (χ0v) is 14.2. The number of ether oxygens (including phenoxy) is 1. The van der Waals surface area contributed by atoms with Crippen molar-refractivity contribution in [2.24, 2.45) is 0 Å². The number of para-hydroxylation sites is 2. The van der Waals surface area contributed by atoms with Crippen LogP contribution in [0, 0.1) is 0 Å². The summed E-state index contributed by atoms with van der Waals surface area (Å²) in [6.45, 7) is 0.317. The number of amides is 4. The van der Waals surface area contributed by atoms with Crippen molar-refractivity contribution in [2.75, 3.05) is 7.11 Å². The van der Waals surface area contributed by atoms with Crippen LogP contribution in [0.25, 0.3) is 5.69 Å². The maximum atomic E-state index is 11.9. The van der Waals surface area contributed by atoms with Crippen LogP contribution in [-0.2, 0) is 16.1 Å². The Morgan fingerprint density at radius 3 is 2.88 bits per heavy atom. The van der Waals surface area contributed by atoms with E-state index in [9.17, 15) is 14.4 Å². The lowest BCUT2D eigenvalue weighted by atomic mass is 10.1. The van der Waals surface area contributed by atoms with Gasteiger partial charge in [-0.05, 0) is 18.6 Å². The van der Waals surface area contributed by atoms with Gasteiger partial charge in [0, 0.05) is 24.7 Å². The summed E-state index contributed by atoms with van der Waals surface area (Å²) in [7, 11) is 1.59. The number of rotatable bonds is 7. The lowest BCUT2D eigenvalue weighted by Gasteiger charge is -2.08. The van der Waals surface area contributed by atoms with Crippen molar-refractivity contribution in [3.05, 3.63) is 42.2 Å². The zero-order chi connectivity index (χ0) is 18.5. The van der Waals surface area contributed by atoms with Gasteiger partial charge in [0.15, 0.2) is 0 Å². The summed E-state index contributed by atoms with van der Waals surface area (Å²) >= 11 is 0. The molecular formula is C17H19N5O4. The van der Waals surface area contributed by atoms with Gasteiger partial charge < -0.3 is 15.4 Å². The largest absolute Gasteiger partial charge is 0.494 e. The van der Waals surface area contributed by atoms with E-state index in [1.807, 2.05) is 30.5 Å². The minimum absolute atomic E-state index is 0.138. The molecule has 1 aromatic carbocycles. The third-order valence-electron chi connectivity index (χ3n) is 3.98. The fourth-order valence-electron chi connectivity index (χ4n) is 2.63. The first-order valence-corrected chi connectivity index (χ1v) is 8.12. The number of carbonyl (C=O) groups excluding carboxylic acids is 3. The lowest BCUT2D eigenvalue weighted by Crippen LogP contribution is -2.31. The highest BCUT2D eigenvalue weighted by molar-refractivity contribution is 6.04. The number of benzene rings is 1. The van der Waals surface area contributed by atoms with Gasteiger partial charge in [0.2, 0.25) is 5.91 Å². The van der Waals surface area contributed by atoms with Crippen molar-refractivity contribution in [3.63, 3.8) is 0 Å². The fourth-order valence-corrected chi connectivity index (χ4v) is 2.63. The Balaban J connectivity index is 1.51. The molecule has 1 aromatic heterocycles. The number of nitrogens with one attached hydrogen (secondary N) is 3. The Labute approximate surface area is 149 Å². The third kappa shape index (κ3) is 4.00. The van der Waals surface area contributed by atoms with Gasteiger partial charge in [-0.3, -0.25) is 14.9 Å². The first kappa shape index (κ1) is 17.5. The summed E-state index contributed by atoms with van der Waals surface area (Å²) in [4.78, 5) is 34.4. The summed E-state index contributed by atoms with van der Waals surface area (Å²) < 4.78 is 6.99. The summed E-state index contributed by atoms with van der Waals surface area (Å²) in [6, 6.07) is 6.32. The Morgan fingerprint density at radius 2 is 2.15 bits per heavy atom. The standard InChI is InChI=1S/C17H19N5O4/c1-26-14-5-3-2-4-13(14)22-10-11(9-19-22)8-18-15(23)7-6-12-16(24)21-17(25)20-12/h2-5,9-10,12H,6-8H2,1H3,(H,18,23)(H2,20,21,24,25). The van der Waals surface area contributed by atoms with Crippen molar-refractivity contribution >= 4 is 17.8 Å². The average molecular weight is 357 g/mol. The second-order valence-corrected chi connectivity index (χ2v) is 5.80. The summed E-state index contributed by atoms with van der Waals surface area (Å²) in [5.41, 5.74) is 1.63. The Hall–Kier alpha value is -3.36. The predicted molar refractivity (Wildman–Crippen MR) is 91.7 cm³/mol. The van der Waals surface area contributed by atoms with Gasteiger partial charge in [0.25, 0.3) is 5.91 Å². The molecule has 136 valence electrons. The SMILES string of the molecule is COc1ccccc1-n1cc(CNC(=O)CCC2NC(=O)NC2=O)cn1. The van der Waals surface area contributed by atoms with E-state index in [4.69, 9.17) is 4.74 Å². The van der Waals surface area contributed by atoms with Crippen LogP contribution in [0.15, 0.2) is 36.7 Å². The van der Waals surface area contributed by atoms with Crippen molar-refractivity contribution < 1.29 is 19.1 Å². The lowest BCUT2D eigenvalue weighted by molar-refractivity contribution is -0.122. The van der Waals surface area contributed by atoms with E-state index in [-0.39, 0.29) is 18.7 Å². The van der Waals surface area contributed by atoms with E-state index >= 15 is 0 Å². The van der Waals surface area contributed by atoms with E-state index in [1.165, 1.54) is 0 Å². The molecular weight excluding hydrogens is 338 g/mol. The molecule has 0 radical (unpaired) electrons. The van der Waals surface area contributed by atoms with E-state index in [0.29, 0.717) is 12.3 Å². The molecule has 0 saturated carbocycles. The number of aromatic nitrogens is 2. The highest BCUT2D eigenvalue weighted by Gasteiger charge is 2.29. The molecule has 1 atom stereocenters. The Bertz CT molecular complexity index is 832. The second-order valence-electron chi connectivity index (χ2n) is 5.80. The zero-order valence-electron chi connectivity index (χ0n) is 14.2.